The number of anilines is 1. The van der Waals surface area contributed by atoms with Crippen molar-refractivity contribution in [3.63, 3.8) is 0 Å². The van der Waals surface area contributed by atoms with E-state index in [4.69, 9.17) is 4.98 Å². The van der Waals surface area contributed by atoms with Crippen LogP contribution in [0, 0.1) is 5.92 Å². The molecular weight excluding hydrogens is 362 g/mol. The molecule has 0 unspecified atom stereocenters. The second-order valence-corrected chi connectivity index (χ2v) is 8.48. The van der Waals surface area contributed by atoms with Crippen molar-refractivity contribution in [2.75, 3.05) is 24.5 Å². The Balaban J connectivity index is 1.35. The van der Waals surface area contributed by atoms with Crippen molar-refractivity contribution in [3.05, 3.63) is 63.7 Å². The van der Waals surface area contributed by atoms with Crippen molar-refractivity contribution in [1.29, 1.82) is 0 Å². The second kappa shape index (κ2) is 7.59. The van der Waals surface area contributed by atoms with Crippen molar-refractivity contribution in [2.45, 2.75) is 39.3 Å². The van der Waals surface area contributed by atoms with E-state index in [0.29, 0.717) is 6.54 Å². The third kappa shape index (κ3) is 3.77. The van der Waals surface area contributed by atoms with Crippen molar-refractivity contribution >= 4 is 16.9 Å². The molecule has 1 saturated heterocycles. The summed E-state index contributed by atoms with van der Waals surface area (Å²) < 4.78 is 0. The lowest BCUT2D eigenvalue weighted by Gasteiger charge is -2.32. The average Bonchev–Trinajstić information content (AvgIpc) is 2.74. The molecule has 2 aliphatic rings. The Bertz CT molecular complexity index is 1080. The van der Waals surface area contributed by atoms with Gasteiger partial charge in [-0.3, -0.25) is 19.7 Å². The maximum atomic E-state index is 12.7. The fourth-order valence-corrected chi connectivity index (χ4v) is 4.45. The minimum atomic E-state index is 0.0376. The van der Waals surface area contributed by atoms with Crippen LogP contribution in [-0.2, 0) is 19.5 Å². The Kier molecular flexibility index (Phi) is 4.79. The fraction of sp³-hybridized carbons (Fsp3) is 0.435. The predicted molar refractivity (Wildman–Crippen MR) is 115 cm³/mol. The van der Waals surface area contributed by atoms with E-state index in [9.17, 15) is 4.79 Å². The van der Waals surface area contributed by atoms with E-state index in [0.717, 1.165) is 74.1 Å². The van der Waals surface area contributed by atoms with Gasteiger partial charge in [0.2, 0.25) is 5.95 Å². The quantitative estimate of drug-likeness (QED) is 0.746. The Hall–Kier alpha value is -2.73. The van der Waals surface area contributed by atoms with Gasteiger partial charge in [0.15, 0.2) is 0 Å². The summed E-state index contributed by atoms with van der Waals surface area (Å²) in [6, 6.07) is 10.4. The summed E-state index contributed by atoms with van der Waals surface area (Å²) in [4.78, 5) is 29.7. The van der Waals surface area contributed by atoms with Gasteiger partial charge in [-0.05, 0) is 42.9 Å². The highest BCUT2D eigenvalue weighted by molar-refractivity contribution is 5.78. The average molecular weight is 390 g/mol. The first-order valence-electron chi connectivity index (χ1n) is 10.6. The zero-order chi connectivity index (χ0) is 19.8. The molecule has 0 amide bonds. The summed E-state index contributed by atoms with van der Waals surface area (Å²) in [5, 5.41) is 1.17. The normalized spacial score (nSPS) is 18.2. The van der Waals surface area contributed by atoms with Gasteiger partial charge < -0.3 is 4.90 Å². The van der Waals surface area contributed by atoms with Crippen LogP contribution in [0.1, 0.15) is 36.6 Å². The molecule has 150 valence electrons. The van der Waals surface area contributed by atoms with Crippen LogP contribution in [0.5, 0.6) is 0 Å². The summed E-state index contributed by atoms with van der Waals surface area (Å²) >= 11 is 0. The van der Waals surface area contributed by atoms with Crippen LogP contribution in [-0.4, -0.2) is 39.5 Å². The zero-order valence-electron chi connectivity index (χ0n) is 16.9. The number of benzene rings is 1. The number of nitrogens with one attached hydrogen (secondary N) is 1. The zero-order valence-corrected chi connectivity index (χ0v) is 16.9. The van der Waals surface area contributed by atoms with Crippen LogP contribution in [0.3, 0.4) is 0 Å². The standard InChI is InChI=1S/C23H27N5O/c1-16-6-10-28(11-7-16)23-25-21-15-27(9-8-19(21)22(29)26-23)14-17-12-18-4-2-3-5-20(18)24-13-17/h2-5,12-13,16H,6-11,14-15H2,1H3,(H,25,26,29). The molecule has 6 heteroatoms. The molecule has 0 atom stereocenters. The van der Waals surface area contributed by atoms with Gasteiger partial charge in [-0.25, -0.2) is 4.98 Å². The molecule has 4 heterocycles. The highest BCUT2D eigenvalue weighted by Crippen LogP contribution is 2.23. The van der Waals surface area contributed by atoms with Gasteiger partial charge in [-0.2, -0.15) is 0 Å². The van der Waals surface area contributed by atoms with E-state index < -0.39 is 0 Å². The molecule has 1 N–H and O–H groups in total. The minimum absolute atomic E-state index is 0.0376. The Morgan fingerprint density at radius 1 is 1.17 bits per heavy atom. The van der Waals surface area contributed by atoms with Crippen LogP contribution in [0.4, 0.5) is 5.95 Å². The molecule has 0 saturated carbocycles. The van der Waals surface area contributed by atoms with E-state index in [-0.39, 0.29) is 5.56 Å². The molecule has 0 spiro atoms. The molecule has 5 rings (SSSR count). The summed E-state index contributed by atoms with van der Waals surface area (Å²) in [5.74, 6) is 1.50. The third-order valence-electron chi connectivity index (χ3n) is 6.28. The van der Waals surface area contributed by atoms with Crippen LogP contribution >= 0.6 is 0 Å². The van der Waals surface area contributed by atoms with Crippen molar-refractivity contribution in [3.8, 4) is 0 Å². The molecule has 6 nitrogen and oxygen atoms in total. The van der Waals surface area contributed by atoms with Crippen molar-refractivity contribution in [1.82, 2.24) is 19.9 Å². The first-order valence-corrected chi connectivity index (χ1v) is 10.6. The number of aromatic amines is 1. The number of rotatable bonds is 3. The molecule has 2 aliphatic heterocycles. The third-order valence-corrected chi connectivity index (χ3v) is 6.28. The van der Waals surface area contributed by atoms with Crippen molar-refractivity contribution < 1.29 is 0 Å². The Labute approximate surface area is 170 Å². The molecule has 29 heavy (non-hydrogen) atoms. The maximum Gasteiger partial charge on any atom is 0.255 e. The molecule has 0 bridgehead atoms. The smallest absolute Gasteiger partial charge is 0.255 e. The van der Waals surface area contributed by atoms with E-state index in [1.54, 1.807) is 0 Å². The van der Waals surface area contributed by atoms with E-state index in [2.05, 4.69) is 38.8 Å². The lowest BCUT2D eigenvalue weighted by atomic mass is 9.99. The van der Waals surface area contributed by atoms with Crippen LogP contribution in [0.25, 0.3) is 10.9 Å². The largest absolute Gasteiger partial charge is 0.342 e. The molecule has 1 fully saturated rings. The number of nitrogens with zero attached hydrogens (tertiary/aromatic N) is 4. The number of H-pyrrole nitrogens is 1. The van der Waals surface area contributed by atoms with Gasteiger partial charge in [0, 0.05) is 49.9 Å². The van der Waals surface area contributed by atoms with Gasteiger partial charge >= 0.3 is 0 Å². The van der Waals surface area contributed by atoms with Crippen LogP contribution in [0.2, 0.25) is 0 Å². The Morgan fingerprint density at radius 2 is 2.00 bits per heavy atom. The number of piperidine rings is 1. The summed E-state index contributed by atoms with van der Waals surface area (Å²) in [6.45, 7) is 6.63. The molecule has 0 aliphatic carbocycles. The highest BCUT2D eigenvalue weighted by Gasteiger charge is 2.24. The highest BCUT2D eigenvalue weighted by atomic mass is 16.1. The van der Waals surface area contributed by atoms with Crippen molar-refractivity contribution in [2.24, 2.45) is 5.92 Å². The van der Waals surface area contributed by atoms with Gasteiger partial charge in [0.25, 0.3) is 5.56 Å². The molecule has 2 aromatic heterocycles. The maximum absolute atomic E-state index is 12.7. The summed E-state index contributed by atoms with van der Waals surface area (Å²) in [6.07, 6.45) is 5.02. The monoisotopic (exact) mass is 389 g/mol. The number of pyridine rings is 1. The van der Waals surface area contributed by atoms with E-state index in [1.165, 1.54) is 10.9 Å². The van der Waals surface area contributed by atoms with Crippen LogP contribution < -0.4 is 10.5 Å². The molecular formula is C23H27N5O. The number of fused-ring (bicyclic) bond motifs is 2. The lowest BCUT2D eigenvalue weighted by molar-refractivity contribution is 0.240. The first kappa shape index (κ1) is 18.3. The summed E-state index contributed by atoms with van der Waals surface area (Å²) in [7, 11) is 0. The second-order valence-electron chi connectivity index (χ2n) is 8.48. The summed E-state index contributed by atoms with van der Waals surface area (Å²) in [5.41, 5.74) is 4.04. The van der Waals surface area contributed by atoms with E-state index >= 15 is 0 Å². The fourth-order valence-electron chi connectivity index (χ4n) is 4.45. The number of aromatic nitrogens is 3. The van der Waals surface area contributed by atoms with Gasteiger partial charge in [0.05, 0.1) is 11.2 Å². The number of para-hydroxylation sites is 1. The van der Waals surface area contributed by atoms with Crippen LogP contribution in [0.15, 0.2) is 41.3 Å². The van der Waals surface area contributed by atoms with Gasteiger partial charge in [0.1, 0.15) is 0 Å². The van der Waals surface area contributed by atoms with E-state index in [1.807, 2.05) is 24.4 Å². The van der Waals surface area contributed by atoms with Gasteiger partial charge in [-0.1, -0.05) is 25.1 Å². The number of hydrogen-bond donors (Lipinski definition) is 1. The molecule has 3 aromatic rings. The lowest BCUT2D eigenvalue weighted by Crippen LogP contribution is -2.39. The Morgan fingerprint density at radius 3 is 2.86 bits per heavy atom. The topological polar surface area (TPSA) is 65.1 Å². The van der Waals surface area contributed by atoms with Gasteiger partial charge in [-0.15, -0.1) is 0 Å². The minimum Gasteiger partial charge on any atom is -0.342 e. The predicted octanol–water partition coefficient (Wildman–Crippen LogP) is 3.11. The number of hydrogen-bond acceptors (Lipinski definition) is 5. The molecule has 1 aromatic carbocycles. The first-order chi connectivity index (χ1) is 14.2. The SMILES string of the molecule is CC1CCN(c2nc3c(c(=O)[nH]2)CCN(Cc2cnc4ccccc4c2)C3)CC1. The molecule has 0 radical (unpaired) electrons.